The van der Waals surface area contributed by atoms with Crippen LogP contribution in [0.25, 0.3) is 10.2 Å². The Kier molecular flexibility index (Phi) is 3.69. The molecule has 0 amide bonds. The molecule has 0 aliphatic heterocycles. The molecule has 2 N–H and O–H groups in total. The predicted molar refractivity (Wildman–Crippen MR) is 78.1 cm³/mol. The SMILES string of the molecule is Cc1sc2ncnc(C(C(C)C)C(C)N)c2c1C. The Balaban J connectivity index is 2.69. The lowest BCUT2D eigenvalue weighted by molar-refractivity contribution is 0.429. The van der Waals surface area contributed by atoms with Gasteiger partial charge in [0.15, 0.2) is 0 Å². The van der Waals surface area contributed by atoms with E-state index in [1.807, 2.05) is 0 Å². The largest absolute Gasteiger partial charge is 0.327 e. The number of aromatic nitrogens is 2. The molecule has 0 spiro atoms. The molecule has 0 aromatic carbocycles. The van der Waals surface area contributed by atoms with E-state index < -0.39 is 0 Å². The van der Waals surface area contributed by atoms with Crippen LogP contribution >= 0.6 is 11.3 Å². The molecular formula is C14H21N3S. The molecule has 2 rings (SSSR count). The maximum Gasteiger partial charge on any atom is 0.127 e. The summed E-state index contributed by atoms with van der Waals surface area (Å²) < 4.78 is 0. The van der Waals surface area contributed by atoms with Crippen molar-refractivity contribution in [2.24, 2.45) is 11.7 Å². The second-order valence-corrected chi connectivity index (χ2v) is 6.55. The van der Waals surface area contributed by atoms with Gasteiger partial charge in [0.2, 0.25) is 0 Å². The number of hydrogen-bond acceptors (Lipinski definition) is 4. The summed E-state index contributed by atoms with van der Waals surface area (Å²) in [5, 5.41) is 1.22. The van der Waals surface area contributed by atoms with Crippen molar-refractivity contribution in [1.29, 1.82) is 0 Å². The normalized spacial score (nSPS) is 15.3. The van der Waals surface area contributed by atoms with E-state index in [0.717, 1.165) is 10.5 Å². The van der Waals surface area contributed by atoms with Crippen molar-refractivity contribution in [2.75, 3.05) is 0 Å². The summed E-state index contributed by atoms with van der Waals surface area (Å²) in [4.78, 5) is 11.3. The molecule has 2 atom stereocenters. The Morgan fingerprint density at radius 1 is 1.17 bits per heavy atom. The van der Waals surface area contributed by atoms with Crippen LogP contribution in [0.1, 0.15) is 42.8 Å². The molecule has 18 heavy (non-hydrogen) atoms. The summed E-state index contributed by atoms with van der Waals surface area (Å²) in [6, 6.07) is 0.0997. The highest BCUT2D eigenvalue weighted by Gasteiger charge is 2.25. The minimum Gasteiger partial charge on any atom is -0.327 e. The van der Waals surface area contributed by atoms with Gasteiger partial charge in [0.1, 0.15) is 11.2 Å². The fourth-order valence-electron chi connectivity index (χ4n) is 2.63. The van der Waals surface area contributed by atoms with Crippen LogP contribution in [-0.4, -0.2) is 16.0 Å². The molecule has 2 aromatic rings. The minimum absolute atomic E-state index is 0.0997. The Labute approximate surface area is 112 Å². The zero-order chi connectivity index (χ0) is 13.4. The molecule has 98 valence electrons. The molecule has 0 bridgehead atoms. The first-order chi connectivity index (χ1) is 8.43. The standard InChI is InChI=1S/C14H21N3S/c1-7(2)11(9(4)15)13-12-8(3)10(5)18-14(12)17-6-16-13/h6-7,9,11H,15H2,1-5H3. The third-order valence-electron chi connectivity index (χ3n) is 3.60. The highest BCUT2D eigenvalue weighted by molar-refractivity contribution is 7.18. The number of fused-ring (bicyclic) bond motifs is 1. The van der Waals surface area contributed by atoms with Crippen molar-refractivity contribution in [1.82, 2.24) is 9.97 Å². The molecular weight excluding hydrogens is 242 g/mol. The van der Waals surface area contributed by atoms with Gasteiger partial charge in [-0.15, -0.1) is 11.3 Å². The summed E-state index contributed by atoms with van der Waals surface area (Å²) in [5.41, 5.74) is 8.58. The number of rotatable bonds is 3. The van der Waals surface area contributed by atoms with Gasteiger partial charge < -0.3 is 5.73 Å². The van der Waals surface area contributed by atoms with Gasteiger partial charge in [-0.25, -0.2) is 9.97 Å². The molecule has 0 aliphatic carbocycles. The van der Waals surface area contributed by atoms with E-state index in [1.165, 1.54) is 15.8 Å². The van der Waals surface area contributed by atoms with Crippen molar-refractivity contribution in [2.45, 2.75) is 46.6 Å². The highest BCUT2D eigenvalue weighted by Crippen LogP contribution is 2.36. The Hall–Kier alpha value is -1.00. The average molecular weight is 263 g/mol. The average Bonchev–Trinajstić information content (AvgIpc) is 2.55. The molecule has 2 heterocycles. The van der Waals surface area contributed by atoms with Gasteiger partial charge in [-0.1, -0.05) is 13.8 Å². The Morgan fingerprint density at radius 3 is 2.39 bits per heavy atom. The van der Waals surface area contributed by atoms with Crippen LogP contribution in [-0.2, 0) is 0 Å². The second kappa shape index (κ2) is 4.94. The van der Waals surface area contributed by atoms with Crippen LogP contribution in [0.3, 0.4) is 0 Å². The van der Waals surface area contributed by atoms with Crippen molar-refractivity contribution < 1.29 is 0 Å². The lowest BCUT2D eigenvalue weighted by atomic mass is 9.85. The lowest BCUT2D eigenvalue weighted by Gasteiger charge is -2.24. The predicted octanol–water partition coefficient (Wildman–Crippen LogP) is 3.39. The minimum atomic E-state index is 0.0997. The first kappa shape index (κ1) is 13.4. The summed E-state index contributed by atoms with van der Waals surface area (Å²) in [7, 11) is 0. The van der Waals surface area contributed by atoms with Gasteiger partial charge in [0.05, 0.1) is 5.69 Å². The van der Waals surface area contributed by atoms with Crippen LogP contribution < -0.4 is 5.73 Å². The molecule has 0 aliphatic rings. The third-order valence-corrected chi connectivity index (χ3v) is 4.71. The Morgan fingerprint density at radius 2 is 1.83 bits per heavy atom. The summed E-state index contributed by atoms with van der Waals surface area (Å²) in [6.45, 7) is 10.8. The number of nitrogens with zero attached hydrogens (tertiary/aromatic N) is 2. The van der Waals surface area contributed by atoms with E-state index in [2.05, 4.69) is 44.6 Å². The molecule has 0 saturated carbocycles. The van der Waals surface area contributed by atoms with Crippen LogP contribution in [0.4, 0.5) is 0 Å². The fraction of sp³-hybridized carbons (Fsp3) is 0.571. The van der Waals surface area contributed by atoms with Crippen molar-refractivity contribution in [3.8, 4) is 0 Å². The van der Waals surface area contributed by atoms with Crippen LogP contribution in [0.15, 0.2) is 6.33 Å². The second-order valence-electron chi connectivity index (χ2n) is 5.35. The molecule has 0 radical (unpaired) electrons. The van der Waals surface area contributed by atoms with Crippen molar-refractivity contribution in [3.05, 3.63) is 22.5 Å². The molecule has 2 aromatic heterocycles. The molecule has 0 saturated heterocycles. The molecule has 3 nitrogen and oxygen atoms in total. The number of aryl methyl sites for hydroxylation is 2. The van der Waals surface area contributed by atoms with E-state index in [4.69, 9.17) is 5.73 Å². The fourth-order valence-corrected chi connectivity index (χ4v) is 3.64. The Bertz CT molecular complexity index is 549. The first-order valence-corrected chi connectivity index (χ1v) is 7.21. The zero-order valence-corrected chi connectivity index (χ0v) is 12.5. The number of thiophene rings is 1. The highest BCUT2D eigenvalue weighted by atomic mass is 32.1. The maximum absolute atomic E-state index is 6.16. The van der Waals surface area contributed by atoms with Gasteiger partial charge in [-0.2, -0.15) is 0 Å². The summed E-state index contributed by atoms with van der Waals surface area (Å²) in [5.74, 6) is 0.755. The summed E-state index contributed by atoms with van der Waals surface area (Å²) in [6.07, 6.45) is 1.67. The topological polar surface area (TPSA) is 51.8 Å². The number of nitrogens with two attached hydrogens (primary N) is 1. The molecule has 4 heteroatoms. The van der Waals surface area contributed by atoms with Gasteiger partial charge >= 0.3 is 0 Å². The zero-order valence-electron chi connectivity index (χ0n) is 11.7. The first-order valence-electron chi connectivity index (χ1n) is 6.39. The van der Waals surface area contributed by atoms with Crippen molar-refractivity contribution >= 4 is 21.6 Å². The molecule has 0 fully saturated rings. The van der Waals surface area contributed by atoms with E-state index in [-0.39, 0.29) is 12.0 Å². The van der Waals surface area contributed by atoms with E-state index >= 15 is 0 Å². The third kappa shape index (κ3) is 2.15. The van der Waals surface area contributed by atoms with Gasteiger partial charge in [-0.05, 0) is 32.3 Å². The number of hydrogen-bond donors (Lipinski definition) is 1. The lowest BCUT2D eigenvalue weighted by Crippen LogP contribution is -2.29. The summed E-state index contributed by atoms with van der Waals surface area (Å²) >= 11 is 1.74. The quantitative estimate of drug-likeness (QED) is 0.923. The van der Waals surface area contributed by atoms with Crippen LogP contribution in [0.5, 0.6) is 0 Å². The van der Waals surface area contributed by atoms with Crippen molar-refractivity contribution in [3.63, 3.8) is 0 Å². The monoisotopic (exact) mass is 263 g/mol. The molecule has 2 unspecified atom stereocenters. The van der Waals surface area contributed by atoms with E-state index in [9.17, 15) is 0 Å². The van der Waals surface area contributed by atoms with Crippen LogP contribution in [0.2, 0.25) is 0 Å². The smallest absolute Gasteiger partial charge is 0.127 e. The van der Waals surface area contributed by atoms with E-state index in [0.29, 0.717) is 5.92 Å². The van der Waals surface area contributed by atoms with Gasteiger partial charge in [-0.3, -0.25) is 0 Å². The van der Waals surface area contributed by atoms with Gasteiger partial charge in [0.25, 0.3) is 0 Å². The van der Waals surface area contributed by atoms with E-state index in [1.54, 1.807) is 17.7 Å². The maximum atomic E-state index is 6.16. The van der Waals surface area contributed by atoms with Gasteiger partial charge in [0, 0.05) is 22.2 Å². The van der Waals surface area contributed by atoms with Crippen LogP contribution in [0, 0.1) is 19.8 Å².